The molecule has 0 radical (unpaired) electrons. The Morgan fingerprint density at radius 3 is 2.50 bits per heavy atom. The number of aromatic nitrogens is 1. The van der Waals surface area contributed by atoms with Crippen LogP contribution in [-0.2, 0) is 0 Å². The number of hydrogen-bond acceptors (Lipinski definition) is 3. The first-order valence-electron chi connectivity index (χ1n) is 6.43. The zero-order valence-corrected chi connectivity index (χ0v) is 11.3. The maximum absolute atomic E-state index is 10.3. The highest BCUT2D eigenvalue weighted by molar-refractivity contribution is 7.09. The Hall–Kier alpha value is -1.19. The smallest absolute Gasteiger partial charge is 0.115 e. The van der Waals surface area contributed by atoms with Gasteiger partial charge < -0.3 is 5.11 Å². The lowest BCUT2D eigenvalue weighted by atomic mass is 9.80. The van der Waals surface area contributed by atoms with Crippen molar-refractivity contribution in [3.63, 3.8) is 0 Å². The summed E-state index contributed by atoms with van der Waals surface area (Å²) in [7, 11) is 0. The predicted octanol–water partition coefficient (Wildman–Crippen LogP) is 3.80. The minimum atomic E-state index is -0.534. The lowest BCUT2D eigenvalue weighted by Gasteiger charge is -2.26. The Bertz CT molecular complexity index is 528. The van der Waals surface area contributed by atoms with E-state index in [-0.39, 0.29) is 0 Å². The average molecular weight is 259 g/mol. The molecular weight excluding hydrogens is 242 g/mol. The molecule has 1 saturated carbocycles. The highest BCUT2D eigenvalue weighted by Gasteiger charge is 2.20. The largest absolute Gasteiger partial charge is 0.383 e. The van der Waals surface area contributed by atoms with Crippen LogP contribution >= 0.6 is 11.3 Å². The minimum Gasteiger partial charge on any atom is -0.383 e. The monoisotopic (exact) mass is 259 g/mol. The molecule has 1 N–H and O–H groups in total. The van der Waals surface area contributed by atoms with Crippen LogP contribution in [0.2, 0.25) is 0 Å². The van der Waals surface area contributed by atoms with Crippen LogP contribution in [-0.4, -0.2) is 10.1 Å². The van der Waals surface area contributed by atoms with Gasteiger partial charge in [-0.2, -0.15) is 0 Å². The van der Waals surface area contributed by atoms with E-state index in [4.69, 9.17) is 0 Å². The molecule has 2 nitrogen and oxygen atoms in total. The van der Waals surface area contributed by atoms with Crippen LogP contribution in [0, 0.1) is 6.92 Å². The van der Waals surface area contributed by atoms with Crippen molar-refractivity contribution in [3.05, 3.63) is 51.5 Å². The van der Waals surface area contributed by atoms with E-state index < -0.39 is 6.10 Å². The van der Waals surface area contributed by atoms with Crippen LogP contribution < -0.4 is 0 Å². The number of thiazole rings is 1. The van der Waals surface area contributed by atoms with E-state index in [1.165, 1.54) is 36.2 Å². The van der Waals surface area contributed by atoms with E-state index in [1.807, 2.05) is 6.92 Å². The highest BCUT2D eigenvalue weighted by Crippen LogP contribution is 2.37. The topological polar surface area (TPSA) is 33.1 Å². The van der Waals surface area contributed by atoms with Crippen molar-refractivity contribution in [2.24, 2.45) is 0 Å². The van der Waals surface area contributed by atoms with E-state index >= 15 is 0 Å². The van der Waals surface area contributed by atoms with Crippen LogP contribution in [0.5, 0.6) is 0 Å². The quantitative estimate of drug-likeness (QED) is 0.909. The van der Waals surface area contributed by atoms with Gasteiger partial charge in [-0.25, -0.2) is 4.98 Å². The van der Waals surface area contributed by atoms with Gasteiger partial charge in [-0.05, 0) is 36.8 Å². The van der Waals surface area contributed by atoms with Crippen molar-refractivity contribution in [1.82, 2.24) is 4.98 Å². The average Bonchev–Trinajstić information content (AvgIpc) is 2.73. The third-order valence-electron chi connectivity index (χ3n) is 3.86. The Morgan fingerprint density at radius 1 is 1.28 bits per heavy atom. The predicted molar refractivity (Wildman–Crippen MR) is 73.9 cm³/mol. The second-order valence-corrected chi connectivity index (χ2v) is 5.89. The Labute approximate surface area is 111 Å². The molecule has 1 heterocycles. The summed E-state index contributed by atoms with van der Waals surface area (Å²) < 4.78 is 0. The van der Waals surface area contributed by atoms with E-state index in [9.17, 15) is 5.11 Å². The van der Waals surface area contributed by atoms with Crippen molar-refractivity contribution in [1.29, 1.82) is 0 Å². The molecule has 0 amide bonds. The SMILES string of the molecule is Cc1ncsc1C(O)c1ccc(C2CCC2)cc1. The minimum absolute atomic E-state index is 0.534. The Balaban J connectivity index is 1.82. The van der Waals surface area contributed by atoms with Crippen molar-refractivity contribution >= 4 is 11.3 Å². The van der Waals surface area contributed by atoms with E-state index in [2.05, 4.69) is 29.2 Å². The van der Waals surface area contributed by atoms with Crippen LogP contribution in [0.4, 0.5) is 0 Å². The molecule has 18 heavy (non-hydrogen) atoms. The summed E-state index contributed by atoms with van der Waals surface area (Å²) in [5.41, 5.74) is 5.09. The third kappa shape index (κ3) is 2.08. The molecule has 3 heteroatoms. The van der Waals surface area contributed by atoms with E-state index in [0.717, 1.165) is 22.1 Å². The van der Waals surface area contributed by atoms with Crippen molar-refractivity contribution in [2.45, 2.75) is 38.2 Å². The standard InChI is InChI=1S/C15H17NOS/c1-10-15(18-9-16-10)14(17)13-7-5-12(6-8-13)11-3-2-4-11/h5-9,11,14,17H,2-4H2,1H3. The normalized spacial score (nSPS) is 17.4. The van der Waals surface area contributed by atoms with Gasteiger partial charge >= 0.3 is 0 Å². The molecule has 1 aromatic heterocycles. The van der Waals surface area contributed by atoms with Crippen LogP contribution in [0.3, 0.4) is 0 Å². The molecular formula is C15H17NOS. The molecule has 2 aromatic rings. The number of aryl methyl sites for hydroxylation is 1. The van der Waals surface area contributed by atoms with Gasteiger partial charge in [-0.15, -0.1) is 11.3 Å². The molecule has 1 aliphatic rings. The summed E-state index contributed by atoms with van der Waals surface area (Å²) in [5.74, 6) is 0.751. The van der Waals surface area contributed by atoms with E-state index in [1.54, 1.807) is 5.51 Å². The van der Waals surface area contributed by atoms with Gasteiger partial charge in [-0.1, -0.05) is 30.7 Å². The number of aliphatic hydroxyl groups excluding tert-OH is 1. The molecule has 1 fully saturated rings. The summed E-state index contributed by atoms with van der Waals surface area (Å²) in [6.45, 7) is 1.94. The molecule has 1 atom stereocenters. The van der Waals surface area contributed by atoms with Gasteiger partial charge in [0.25, 0.3) is 0 Å². The molecule has 3 rings (SSSR count). The number of aliphatic hydroxyl groups is 1. The third-order valence-corrected chi connectivity index (χ3v) is 4.84. The summed E-state index contributed by atoms with van der Waals surface area (Å²) in [5, 5.41) is 10.3. The fourth-order valence-corrected chi connectivity index (χ4v) is 3.23. The molecule has 0 bridgehead atoms. The first-order valence-corrected chi connectivity index (χ1v) is 7.31. The fraction of sp³-hybridized carbons (Fsp3) is 0.400. The maximum atomic E-state index is 10.3. The lowest BCUT2D eigenvalue weighted by molar-refractivity contribution is 0.223. The molecule has 1 unspecified atom stereocenters. The number of benzene rings is 1. The molecule has 1 aromatic carbocycles. The number of nitrogens with zero attached hydrogens (tertiary/aromatic N) is 1. The molecule has 1 aliphatic carbocycles. The van der Waals surface area contributed by atoms with Gasteiger partial charge in [0.1, 0.15) is 6.10 Å². The first-order chi connectivity index (χ1) is 8.75. The zero-order chi connectivity index (χ0) is 12.5. The summed E-state index contributed by atoms with van der Waals surface area (Å²) in [6.07, 6.45) is 3.45. The Morgan fingerprint density at radius 2 is 2.00 bits per heavy atom. The van der Waals surface area contributed by atoms with Crippen LogP contribution in [0.15, 0.2) is 29.8 Å². The number of hydrogen-bond donors (Lipinski definition) is 1. The molecule has 0 spiro atoms. The van der Waals surface area contributed by atoms with Crippen molar-refractivity contribution in [3.8, 4) is 0 Å². The van der Waals surface area contributed by atoms with Gasteiger partial charge in [0, 0.05) is 0 Å². The molecule has 0 aliphatic heterocycles. The van der Waals surface area contributed by atoms with Crippen molar-refractivity contribution < 1.29 is 5.11 Å². The van der Waals surface area contributed by atoms with Gasteiger partial charge in [-0.3, -0.25) is 0 Å². The van der Waals surface area contributed by atoms with Gasteiger partial charge in [0.05, 0.1) is 16.1 Å². The van der Waals surface area contributed by atoms with Gasteiger partial charge in [0.15, 0.2) is 0 Å². The van der Waals surface area contributed by atoms with Crippen LogP contribution in [0.25, 0.3) is 0 Å². The summed E-state index contributed by atoms with van der Waals surface area (Å²) >= 11 is 1.52. The van der Waals surface area contributed by atoms with Crippen molar-refractivity contribution in [2.75, 3.05) is 0 Å². The zero-order valence-electron chi connectivity index (χ0n) is 10.5. The van der Waals surface area contributed by atoms with Crippen LogP contribution in [0.1, 0.15) is 53.0 Å². The Kier molecular flexibility index (Phi) is 3.18. The summed E-state index contributed by atoms with van der Waals surface area (Å²) in [4.78, 5) is 5.14. The second kappa shape index (κ2) is 4.82. The first kappa shape index (κ1) is 11.9. The number of rotatable bonds is 3. The second-order valence-electron chi connectivity index (χ2n) is 5.00. The fourth-order valence-electron chi connectivity index (χ4n) is 2.42. The van der Waals surface area contributed by atoms with E-state index in [0.29, 0.717) is 0 Å². The molecule has 0 saturated heterocycles. The highest BCUT2D eigenvalue weighted by atomic mass is 32.1. The van der Waals surface area contributed by atoms with Gasteiger partial charge in [0.2, 0.25) is 0 Å². The lowest BCUT2D eigenvalue weighted by Crippen LogP contribution is -2.08. The molecule has 94 valence electrons. The summed E-state index contributed by atoms with van der Waals surface area (Å²) in [6, 6.07) is 8.44. The maximum Gasteiger partial charge on any atom is 0.115 e.